The van der Waals surface area contributed by atoms with Gasteiger partial charge in [-0.15, -0.1) is 24.8 Å². The lowest BCUT2D eigenvalue weighted by atomic mass is 9.97. The Labute approximate surface area is 201 Å². The average Bonchev–Trinajstić information content (AvgIpc) is 2.79. The number of anilines is 1. The first-order valence-electron chi connectivity index (χ1n) is 10.9. The van der Waals surface area contributed by atoms with E-state index in [1.54, 1.807) is 12.1 Å². The lowest BCUT2D eigenvalue weighted by molar-refractivity contribution is 0.0582. The van der Waals surface area contributed by atoms with Crippen molar-refractivity contribution in [1.29, 1.82) is 0 Å². The molecule has 2 saturated heterocycles. The van der Waals surface area contributed by atoms with Crippen molar-refractivity contribution in [2.45, 2.75) is 31.7 Å². The van der Waals surface area contributed by atoms with Crippen molar-refractivity contribution in [3.8, 4) is 0 Å². The van der Waals surface area contributed by atoms with E-state index in [4.69, 9.17) is 0 Å². The van der Waals surface area contributed by atoms with E-state index in [-0.39, 0.29) is 48.4 Å². The van der Waals surface area contributed by atoms with Gasteiger partial charge in [-0.2, -0.15) is 0 Å². The molecule has 0 aromatic heterocycles. The summed E-state index contributed by atoms with van der Waals surface area (Å²) < 4.78 is 26.3. The Morgan fingerprint density at radius 1 is 0.812 bits per heavy atom. The van der Waals surface area contributed by atoms with Gasteiger partial charge in [-0.1, -0.05) is 0 Å². The molecule has 1 unspecified atom stereocenters. The second kappa shape index (κ2) is 12.4. The van der Waals surface area contributed by atoms with E-state index in [2.05, 4.69) is 9.80 Å². The summed E-state index contributed by atoms with van der Waals surface area (Å²) in [5, 5.41) is 0. The summed E-state index contributed by atoms with van der Waals surface area (Å²) in [5.41, 5.74) is 1.63. The number of rotatable bonds is 5. The maximum absolute atomic E-state index is 13.2. The highest BCUT2D eigenvalue weighted by atomic mass is 35.5. The summed E-state index contributed by atoms with van der Waals surface area (Å²) in [6.45, 7) is 5.53. The van der Waals surface area contributed by atoms with Gasteiger partial charge in [0.25, 0.3) is 5.91 Å². The minimum Gasteiger partial charge on any atom is -0.369 e. The molecule has 2 aliphatic rings. The summed E-state index contributed by atoms with van der Waals surface area (Å²) in [4.78, 5) is 19.7. The molecule has 4 rings (SSSR count). The van der Waals surface area contributed by atoms with Crippen LogP contribution in [-0.2, 0) is 0 Å². The highest BCUT2D eigenvalue weighted by molar-refractivity contribution is 5.94. The number of hydrogen-bond acceptors (Lipinski definition) is 3. The summed E-state index contributed by atoms with van der Waals surface area (Å²) in [7, 11) is 0. The number of piperazine rings is 1. The number of carbonyl (C=O) groups is 1. The van der Waals surface area contributed by atoms with Gasteiger partial charge >= 0.3 is 0 Å². The summed E-state index contributed by atoms with van der Waals surface area (Å²) >= 11 is 0. The highest BCUT2D eigenvalue weighted by Gasteiger charge is 2.28. The lowest BCUT2D eigenvalue weighted by Crippen LogP contribution is -2.49. The van der Waals surface area contributed by atoms with Crippen LogP contribution in [0.2, 0.25) is 0 Å². The second-order valence-electron chi connectivity index (χ2n) is 8.25. The van der Waals surface area contributed by atoms with E-state index in [0.717, 1.165) is 70.6 Å². The molecule has 0 spiro atoms. The predicted octanol–water partition coefficient (Wildman–Crippen LogP) is 5.02. The molecule has 32 heavy (non-hydrogen) atoms. The van der Waals surface area contributed by atoms with Crippen LogP contribution in [0.25, 0.3) is 0 Å². The molecular formula is C24H31Cl2F2N3O. The van der Waals surface area contributed by atoms with Gasteiger partial charge in [-0.25, -0.2) is 8.78 Å². The Balaban J connectivity index is 0.00000181. The number of piperidine rings is 1. The molecule has 0 aliphatic carbocycles. The molecule has 176 valence electrons. The van der Waals surface area contributed by atoms with Crippen molar-refractivity contribution in [2.24, 2.45) is 0 Å². The van der Waals surface area contributed by atoms with Crippen molar-refractivity contribution >= 4 is 36.4 Å². The monoisotopic (exact) mass is 485 g/mol. The zero-order valence-electron chi connectivity index (χ0n) is 18.1. The average molecular weight is 486 g/mol. The number of halogens is 4. The molecule has 2 fully saturated rings. The van der Waals surface area contributed by atoms with Gasteiger partial charge in [0, 0.05) is 56.6 Å². The molecule has 2 heterocycles. The van der Waals surface area contributed by atoms with Gasteiger partial charge in [0.2, 0.25) is 0 Å². The minimum absolute atomic E-state index is 0. The molecule has 4 nitrogen and oxygen atoms in total. The predicted molar refractivity (Wildman–Crippen MR) is 129 cm³/mol. The molecule has 8 heteroatoms. The number of carbonyl (C=O) groups excluding carboxylic acids is 1. The van der Waals surface area contributed by atoms with E-state index in [9.17, 15) is 13.6 Å². The maximum Gasteiger partial charge on any atom is 0.254 e. The number of hydrogen-bond donors (Lipinski definition) is 0. The zero-order valence-corrected chi connectivity index (χ0v) is 19.7. The quantitative estimate of drug-likeness (QED) is 0.594. The summed E-state index contributed by atoms with van der Waals surface area (Å²) in [6.07, 6.45) is 4.17. The Hall–Kier alpha value is -1.89. The van der Waals surface area contributed by atoms with Crippen molar-refractivity contribution in [3.63, 3.8) is 0 Å². The Morgan fingerprint density at radius 3 is 2.03 bits per heavy atom. The highest BCUT2D eigenvalue weighted by Crippen LogP contribution is 2.23. The third-order valence-electron chi connectivity index (χ3n) is 6.32. The smallest absolute Gasteiger partial charge is 0.254 e. The maximum atomic E-state index is 13.2. The van der Waals surface area contributed by atoms with Crippen LogP contribution in [0.4, 0.5) is 14.5 Å². The van der Waals surface area contributed by atoms with Gasteiger partial charge in [0.1, 0.15) is 11.6 Å². The van der Waals surface area contributed by atoms with Gasteiger partial charge in [0.05, 0.1) is 0 Å². The van der Waals surface area contributed by atoms with Crippen LogP contribution in [0, 0.1) is 11.6 Å². The topological polar surface area (TPSA) is 26.8 Å². The molecule has 0 N–H and O–H groups in total. The number of nitrogens with zero attached hydrogens (tertiary/aromatic N) is 3. The van der Waals surface area contributed by atoms with Crippen LogP contribution < -0.4 is 4.90 Å². The van der Waals surface area contributed by atoms with Gasteiger partial charge in [-0.05, 0) is 74.2 Å². The van der Waals surface area contributed by atoms with E-state index in [1.165, 1.54) is 24.3 Å². The SMILES string of the molecule is Cl.Cl.O=C(c1ccc(F)cc1)N1CCCCC1CCN1CCN(c2ccc(F)cc2)CC1. The first-order chi connectivity index (χ1) is 14.6. The fourth-order valence-electron chi connectivity index (χ4n) is 4.54. The standard InChI is InChI=1S/C24H29F2N3O.2ClH/c25-20-6-4-19(5-7-20)24(30)29-13-2-1-3-23(29)12-14-27-15-17-28(18-16-27)22-10-8-21(26)9-11-22;;/h4-11,23H,1-3,12-18H2;2*1H. The minimum atomic E-state index is -0.318. The second-order valence-corrected chi connectivity index (χ2v) is 8.25. The summed E-state index contributed by atoms with van der Waals surface area (Å²) in [6, 6.07) is 12.8. The first kappa shape index (κ1) is 26.4. The van der Waals surface area contributed by atoms with E-state index < -0.39 is 0 Å². The molecule has 0 bridgehead atoms. The molecule has 1 atom stereocenters. The van der Waals surface area contributed by atoms with Crippen LogP contribution in [0.15, 0.2) is 48.5 Å². The van der Waals surface area contributed by atoms with Gasteiger partial charge < -0.3 is 9.80 Å². The van der Waals surface area contributed by atoms with Crippen molar-refractivity contribution in [2.75, 3.05) is 44.2 Å². The third-order valence-corrected chi connectivity index (χ3v) is 6.32. The lowest BCUT2D eigenvalue weighted by Gasteiger charge is -2.39. The fourth-order valence-corrected chi connectivity index (χ4v) is 4.54. The Kier molecular flexibility index (Phi) is 10.2. The summed E-state index contributed by atoms with van der Waals surface area (Å²) in [5.74, 6) is -0.507. The van der Waals surface area contributed by atoms with Crippen LogP contribution in [-0.4, -0.2) is 61.0 Å². The largest absolute Gasteiger partial charge is 0.369 e. The van der Waals surface area contributed by atoms with Crippen molar-refractivity contribution in [3.05, 3.63) is 65.7 Å². The van der Waals surface area contributed by atoms with Crippen LogP contribution in [0.5, 0.6) is 0 Å². The van der Waals surface area contributed by atoms with Crippen molar-refractivity contribution < 1.29 is 13.6 Å². The molecule has 1 amide bonds. The van der Waals surface area contributed by atoms with Crippen LogP contribution in [0.1, 0.15) is 36.0 Å². The normalized spacial score (nSPS) is 19.1. The first-order valence-corrected chi connectivity index (χ1v) is 10.9. The number of benzene rings is 2. The third kappa shape index (κ3) is 6.56. The molecule has 0 saturated carbocycles. The fraction of sp³-hybridized carbons (Fsp3) is 0.458. The van der Waals surface area contributed by atoms with Crippen molar-refractivity contribution in [1.82, 2.24) is 9.80 Å². The van der Waals surface area contributed by atoms with Gasteiger partial charge in [0.15, 0.2) is 0 Å². The molecule has 2 aromatic carbocycles. The van der Waals surface area contributed by atoms with E-state index in [1.807, 2.05) is 17.0 Å². The molecular weight excluding hydrogens is 455 g/mol. The van der Waals surface area contributed by atoms with Crippen LogP contribution >= 0.6 is 24.8 Å². The Bertz CT molecular complexity index is 843. The van der Waals surface area contributed by atoms with E-state index in [0.29, 0.717) is 5.56 Å². The van der Waals surface area contributed by atoms with E-state index >= 15 is 0 Å². The van der Waals surface area contributed by atoms with Crippen LogP contribution in [0.3, 0.4) is 0 Å². The number of amides is 1. The molecule has 0 radical (unpaired) electrons. The molecule has 2 aliphatic heterocycles. The zero-order chi connectivity index (χ0) is 20.9. The molecule has 2 aromatic rings. The number of likely N-dealkylation sites (tertiary alicyclic amines) is 1. The van der Waals surface area contributed by atoms with Gasteiger partial charge in [-0.3, -0.25) is 9.69 Å². The Morgan fingerprint density at radius 2 is 1.41 bits per heavy atom.